The van der Waals surface area contributed by atoms with Crippen LogP contribution in [0.1, 0.15) is 34.6 Å². The second kappa shape index (κ2) is 8.22. The molecule has 2 heterocycles. The summed E-state index contributed by atoms with van der Waals surface area (Å²) in [6.45, 7) is 7.61. The number of aromatic hydroxyl groups is 1. The summed E-state index contributed by atoms with van der Waals surface area (Å²) in [7, 11) is 0. The molecule has 0 fully saturated rings. The second-order valence-electron chi connectivity index (χ2n) is 6.11. The van der Waals surface area contributed by atoms with E-state index in [1.807, 2.05) is 6.07 Å². The maximum atomic E-state index is 12.5. The Bertz CT molecular complexity index is 1040. The molecule has 8 nitrogen and oxygen atoms in total. The summed E-state index contributed by atoms with van der Waals surface area (Å²) >= 11 is 1.23. The van der Waals surface area contributed by atoms with Crippen LogP contribution < -0.4 is 16.1 Å². The fraction of sp³-hybridized carbons (Fsp3) is 0.263. The van der Waals surface area contributed by atoms with Gasteiger partial charge >= 0.3 is 0 Å². The lowest BCUT2D eigenvalue weighted by atomic mass is 10.2. The van der Waals surface area contributed by atoms with Crippen molar-refractivity contribution >= 4 is 45.2 Å². The first kappa shape index (κ1) is 19.6. The van der Waals surface area contributed by atoms with Gasteiger partial charge in [0.25, 0.3) is 5.91 Å². The summed E-state index contributed by atoms with van der Waals surface area (Å²) in [6, 6.07) is 5.36. The van der Waals surface area contributed by atoms with E-state index in [0.717, 1.165) is 24.3 Å². The zero-order valence-electron chi connectivity index (χ0n) is 15.9. The predicted molar refractivity (Wildman–Crippen MR) is 113 cm³/mol. The smallest absolute Gasteiger partial charge is 0.281 e. The third-order valence-electron chi connectivity index (χ3n) is 4.47. The maximum absolute atomic E-state index is 12.5. The molecule has 0 atom stereocenters. The minimum Gasteiger partial charge on any atom is -0.507 e. The van der Waals surface area contributed by atoms with Crippen LogP contribution in [0, 0.1) is 6.92 Å². The van der Waals surface area contributed by atoms with Gasteiger partial charge in [0.2, 0.25) is 0 Å². The maximum Gasteiger partial charge on any atom is 0.281 e. The molecule has 4 N–H and O–H groups in total. The number of nitrogens with one attached hydrogen (secondary N) is 1. The Kier molecular flexibility index (Phi) is 5.74. The molecule has 0 saturated carbocycles. The van der Waals surface area contributed by atoms with Gasteiger partial charge in [0.1, 0.15) is 22.7 Å². The summed E-state index contributed by atoms with van der Waals surface area (Å²) in [5.74, 6) is 0.0819. The molecule has 3 rings (SSSR count). The van der Waals surface area contributed by atoms with Crippen molar-refractivity contribution in [1.29, 1.82) is 0 Å². The topological polar surface area (TPSA) is 117 Å². The molecule has 2 aromatic heterocycles. The van der Waals surface area contributed by atoms with E-state index in [9.17, 15) is 9.90 Å². The van der Waals surface area contributed by atoms with Gasteiger partial charge in [-0.2, -0.15) is 5.10 Å². The van der Waals surface area contributed by atoms with Crippen LogP contribution in [0.3, 0.4) is 0 Å². The number of nitrogens with zero attached hydrogens (tertiary/aromatic N) is 4. The fourth-order valence-electron chi connectivity index (χ4n) is 2.95. The van der Waals surface area contributed by atoms with Crippen molar-refractivity contribution in [3.05, 3.63) is 40.5 Å². The van der Waals surface area contributed by atoms with Crippen molar-refractivity contribution < 1.29 is 9.90 Å². The van der Waals surface area contributed by atoms with Gasteiger partial charge < -0.3 is 15.7 Å². The van der Waals surface area contributed by atoms with Crippen molar-refractivity contribution in [2.75, 3.05) is 23.7 Å². The average molecular weight is 398 g/mol. The lowest BCUT2D eigenvalue weighted by molar-refractivity contribution is 0.0958. The van der Waals surface area contributed by atoms with Crippen LogP contribution in [-0.4, -0.2) is 40.3 Å². The number of aromatic nitrogens is 2. The summed E-state index contributed by atoms with van der Waals surface area (Å²) in [6.07, 6.45) is 2.79. The number of nitrogens with two attached hydrogens (primary N) is 1. The number of carbonyl (C=O) groups is 1. The molecule has 0 bridgehead atoms. The first-order chi connectivity index (χ1) is 13.5. The molecule has 0 radical (unpaired) electrons. The number of rotatable bonds is 6. The quantitative estimate of drug-likeness (QED) is 0.434. The highest BCUT2D eigenvalue weighted by Gasteiger charge is 2.18. The van der Waals surface area contributed by atoms with Gasteiger partial charge in [-0.05, 0) is 38.5 Å². The van der Waals surface area contributed by atoms with E-state index < -0.39 is 0 Å². The first-order valence-electron chi connectivity index (χ1n) is 8.87. The highest BCUT2D eigenvalue weighted by Crippen LogP contribution is 2.31. The largest absolute Gasteiger partial charge is 0.507 e. The standard InChI is InChI=1S/C19H22N6O2S/c1-4-25(5-2)13-7-6-12(14(26)8-13)9-23-24-18(27)16-11(3)15-17(20)21-10-22-19(15)28-16/h6-10,26H,4-5H2,1-3H3,(H,24,27)(H2,20,21,22)/b23-9+. The van der Waals surface area contributed by atoms with Crippen LogP contribution in [0.4, 0.5) is 11.5 Å². The number of carbonyl (C=O) groups excluding carboxylic acids is 1. The predicted octanol–water partition coefficient (Wildman–Crippen LogP) is 2.90. The molecule has 0 saturated heterocycles. The van der Waals surface area contributed by atoms with E-state index in [1.54, 1.807) is 19.1 Å². The SMILES string of the molecule is CCN(CC)c1ccc(/C=N/NC(=O)c2sc3ncnc(N)c3c2C)c(O)c1. The Morgan fingerprint density at radius 2 is 2.11 bits per heavy atom. The van der Waals surface area contributed by atoms with E-state index >= 15 is 0 Å². The minimum absolute atomic E-state index is 0.100. The molecule has 3 aromatic rings. The Hall–Kier alpha value is -3.20. The van der Waals surface area contributed by atoms with Crippen LogP contribution in [0.25, 0.3) is 10.2 Å². The van der Waals surface area contributed by atoms with E-state index in [4.69, 9.17) is 5.73 Å². The monoisotopic (exact) mass is 398 g/mol. The van der Waals surface area contributed by atoms with Crippen molar-refractivity contribution in [3.63, 3.8) is 0 Å². The average Bonchev–Trinajstić information content (AvgIpc) is 3.02. The van der Waals surface area contributed by atoms with Gasteiger partial charge in [-0.25, -0.2) is 15.4 Å². The summed E-state index contributed by atoms with van der Waals surface area (Å²) in [5, 5.41) is 14.9. The van der Waals surface area contributed by atoms with E-state index in [-0.39, 0.29) is 11.7 Å². The molecule has 0 unspecified atom stereocenters. The molecule has 0 aliphatic heterocycles. The number of phenols is 1. The van der Waals surface area contributed by atoms with Gasteiger partial charge in [-0.3, -0.25) is 4.79 Å². The fourth-order valence-corrected chi connectivity index (χ4v) is 4.00. The third kappa shape index (κ3) is 3.74. The van der Waals surface area contributed by atoms with Crippen LogP contribution in [0.5, 0.6) is 5.75 Å². The second-order valence-corrected chi connectivity index (χ2v) is 7.11. The van der Waals surface area contributed by atoms with E-state index in [2.05, 4.69) is 39.2 Å². The van der Waals surface area contributed by atoms with Gasteiger partial charge in [0.15, 0.2) is 0 Å². The van der Waals surface area contributed by atoms with Crippen LogP contribution in [-0.2, 0) is 0 Å². The molecule has 0 aliphatic carbocycles. The number of thiophene rings is 1. The van der Waals surface area contributed by atoms with Crippen molar-refractivity contribution in [1.82, 2.24) is 15.4 Å². The number of aryl methyl sites for hydroxylation is 1. The Balaban J connectivity index is 1.75. The van der Waals surface area contributed by atoms with Crippen LogP contribution >= 0.6 is 11.3 Å². The number of fused-ring (bicyclic) bond motifs is 1. The van der Waals surface area contributed by atoms with Crippen LogP contribution in [0.15, 0.2) is 29.6 Å². The van der Waals surface area contributed by atoms with E-state index in [0.29, 0.717) is 26.5 Å². The molecule has 0 aliphatic rings. The van der Waals surface area contributed by atoms with Gasteiger partial charge in [-0.15, -0.1) is 11.3 Å². The lowest BCUT2D eigenvalue weighted by Crippen LogP contribution is -2.21. The van der Waals surface area contributed by atoms with Gasteiger partial charge in [0.05, 0.1) is 16.5 Å². The first-order valence-corrected chi connectivity index (χ1v) is 9.68. The number of hydrogen-bond acceptors (Lipinski definition) is 8. The number of amides is 1. The summed E-state index contributed by atoms with van der Waals surface area (Å²) in [5.41, 5.74) is 10.5. The van der Waals surface area contributed by atoms with Gasteiger partial charge in [-0.1, -0.05) is 0 Å². The molecule has 1 aromatic carbocycles. The molecule has 9 heteroatoms. The van der Waals surface area contributed by atoms with Crippen LogP contribution in [0.2, 0.25) is 0 Å². The summed E-state index contributed by atoms with van der Waals surface area (Å²) in [4.78, 5) is 23.8. The highest BCUT2D eigenvalue weighted by atomic mass is 32.1. The minimum atomic E-state index is -0.365. The normalized spacial score (nSPS) is 11.2. The lowest BCUT2D eigenvalue weighted by Gasteiger charge is -2.21. The zero-order valence-corrected chi connectivity index (χ0v) is 16.7. The number of anilines is 2. The number of benzene rings is 1. The molecule has 1 amide bonds. The third-order valence-corrected chi connectivity index (χ3v) is 5.67. The Labute approximate surface area is 166 Å². The molecular weight excluding hydrogens is 376 g/mol. The molecule has 146 valence electrons. The number of nitrogen functional groups attached to an aromatic ring is 1. The zero-order chi connectivity index (χ0) is 20.3. The number of hydrazone groups is 1. The number of phenolic OH excluding ortho intramolecular Hbond substituents is 1. The summed E-state index contributed by atoms with van der Waals surface area (Å²) < 4.78 is 0. The highest BCUT2D eigenvalue weighted by molar-refractivity contribution is 7.20. The Morgan fingerprint density at radius 3 is 2.75 bits per heavy atom. The number of hydrogen-bond donors (Lipinski definition) is 3. The van der Waals surface area contributed by atoms with Crippen molar-refractivity contribution in [2.24, 2.45) is 5.10 Å². The molecular formula is C19H22N6O2S. The van der Waals surface area contributed by atoms with Crippen molar-refractivity contribution in [2.45, 2.75) is 20.8 Å². The Morgan fingerprint density at radius 1 is 1.36 bits per heavy atom. The van der Waals surface area contributed by atoms with Gasteiger partial charge in [0, 0.05) is 30.4 Å². The molecule has 28 heavy (non-hydrogen) atoms. The van der Waals surface area contributed by atoms with Crippen molar-refractivity contribution in [3.8, 4) is 5.75 Å². The molecule has 0 spiro atoms. The van der Waals surface area contributed by atoms with E-state index in [1.165, 1.54) is 23.9 Å².